The number of aryl methyl sites for hydroxylation is 1. The van der Waals surface area contributed by atoms with Crippen molar-refractivity contribution in [2.75, 3.05) is 0 Å². The van der Waals surface area contributed by atoms with E-state index >= 15 is 0 Å². The van der Waals surface area contributed by atoms with Gasteiger partial charge in [0.25, 0.3) is 0 Å². The zero-order valence-electron chi connectivity index (χ0n) is 7.70. The molecule has 0 aliphatic heterocycles. The number of hydrogen-bond acceptors (Lipinski definition) is 3. The molecule has 2 rings (SSSR count). The van der Waals surface area contributed by atoms with Gasteiger partial charge in [-0.05, 0) is 18.4 Å². The fourth-order valence-corrected chi connectivity index (χ4v) is 1.79. The van der Waals surface area contributed by atoms with Gasteiger partial charge >= 0.3 is 0 Å². The molecule has 1 aromatic rings. The summed E-state index contributed by atoms with van der Waals surface area (Å²) < 4.78 is 5.24. The molecular weight excluding hydrogens is 168 g/mol. The molecule has 2 unspecified atom stereocenters. The Labute approximate surface area is 76.4 Å². The average Bonchev–Trinajstić information content (AvgIpc) is 2.43. The van der Waals surface area contributed by atoms with Crippen LogP contribution in [-0.2, 0) is 6.42 Å². The molecule has 70 valence electrons. The third-order valence-corrected chi connectivity index (χ3v) is 2.61. The maximum absolute atomic E-state index is 11.6. The lowest BCUT2D eigenvalue weighted by Crippen LogP contribution is -2.34. The number of Topliss-reactive ketones (excluding diaryl/α,β-unsaturated/α-hetero) is 1. The highest BCUT2D eigenvalue weighted by atomic mass is 16.3. The Morgan fingerprint density at radius 1 is 1.62 bits per heavy atom. The SMILES string of the molecule is Cc1coc2c1C(=O)C(O)C(C)C2. The highest BCUT2D eigenvalue weighted by Gasteiger charge is 2.34. The van der Waals surface area contributed by atoms with Gasteiger partial charge in [-0.2, -0.15) is 0 Å². The van der Waals surface area contributed by atoms with E-state index in [4.69, 9.17) is 4.42 Å². The normalized spacial score (nSPS) is 27.5. The van der Waals surface area contributed by atoms with Crippen molar-refractivity contribution in [2.24, 2.45) is 5.92 Å². The summed E-state index contributed by atoms with van der Waals surface area (Å²) in [5.74, 6) is 0.492. The van der Waals surface area contributed by atoms with E-state index in [1.165, 1.54) is 0 Å². The van der Waals surface area contributed by atoms with Gasteiger partial charge in [0.2, 0.25) is 0 Å². The van der Waals surface area contributed by atoms with Crippen LogP contribution in [0.25, 0.3) is 0 Å². The molecule has 13 heavy (non-hydrogen) atoms. The first kappa shape index (κ1) is 8.51. The van der Waals surface area contributed by atoms with E-state index in [1.54, 1.807) is 6.26 Å². The van der Waals surface area contributed by atoms with Gasteiger partial charge in [-0.25, -0.2) is 0 Å². The zero-order valence-corrected chi connectivity index (χ0v) is 7.70. The van der Waals surface area contributed by atoms with Crippen LogP contribution in [0.2, 0.25) is 0 Å². The number of furan rings is 1. The van der Waals surface area contributed by atoms with Crippen LogP contribution in [-0.4, -0.2) is 17.0 Å². The molecule has 2 atom stereocenters. The second kappa shape index (κ2) is 2.70. The quantitative estimate of drug-likeness (QED) is 0.655. The smallest absolute Gasteiger partial charge is 0.195 e. The molecule has 3 nitrogen and oxygen atoms in total. The van der Waals surface area contributed by atoms with Crippen molar-refractivity contribution in [1.82, 2.24) is 0 Å². The van der Waals surface area contributed by atoms with Crippen LogP contribution in [0.3, 0.4) is 0 Å². The summed E-state index contributed by atoms with van der Waals surface area (Å²) >= 11 is 0. The minimum atomic E-state index is -0.858. The Morgan fingerprint density at radius 3 is 3.00 bits per heavy atom. The van der Waals surface area contributed by atoms with Crippen LogP contribution in [0.1, 0.15) is 28.6 Å². The number of rotatable bonds is 0. The van der Waals surface area contributed by atoms with Crippen LogP contribution >= 0.6 is 0 Å². The topological polar surface area (TPSA) is 50.4 Å². The average molecular weight is 180 g/mol. The van der Waals surface area contributed by atoms with Crippen molar-refractivity contribution in [3.63, 3.8) is 0 Å². The number of fused-ring (bicyclic) bond motifs is 1. The number of aliphatic hydroxyl groups excluding tert-OH is 1. The van der Waals surface area contributed by atoms with E-state index in [0.717, 1.165) is 11.3 Å². The van der Waals surface area contributed by atoms with Crippen molar-refractivity contribution >= 4 is 5.78 Å². The van der Waals surface area contributed by atoms with Gasteiger partial charge in [0.1, 0.15) is 11.9 Å². The summed E-state index contributed by atoms with van der Waals surface area (Å²) in [5.41, 5.74) is 1.41. The Kier molecular flexibility index (Phi) is 1.77. The molecule has 0 saturated heterocycles. The molecular formula is C10H12O3. The van der Waals surface area contributed by atoms with E-state index in [0.29, 0.717) is 12.0 Å². The molecule has 1 aliphatic rings. The van der Waals surface area contributed by atoms with E-state index in [-0.39, 0.29) is 11.7 Å². The largest absolute Gasteiger partial charge is 0.468 e. The van der Waals surface area contributed by atoms with Crippen LogP contribution in [0.5, 0.6) is 0 Å². The summed E-state index contributed by atoms with van der Waals surface area (Å²) in [6.07, 6.45) is 1.37. The lowest BCUT2D eigenvalue weighted by Gasteiger charge is -2.22. The highest BCUT2D eigenvalue weighted by Crippen LogP contribution is 2.28. The van der Waals surface area contributed by atoms with Gasteiger partial charge < -0.3 is 9.52 Å². The van der Waals surface area contributed by atoms with Gasteiger partial charge in [-0.1, -0.05) is 6.92 Å². The maximum Gasteiger partial charge on any atom is 0.195 e. The lowest BCUT2D eigenvalue weighted by molar-refractivity contribution is 0.0582. The summed E-state index contributed by atoms with van der Waals surface area (Å²) in [6.45, 7) is 3.67. The Balaban J connectivity index is 2.52. The minimum Gasteiger partial charge on any atom is -0.468 e. The lowest BCUT2D eigenvalue weighted by atomic mass is 9.85. The van der Waals surface area contributed by atoms with Crippen molar-refractivity contribution in [2.45, 2.75) is 26.4 Å². The van der Waals surface area contributed by atoms with Gasteiger partial charge in [0.15, 0.2) is 5.78 Å². The monoisotopic (exact) mass is 180 g/mol. The molecule has 0 aromatic carbocycles. The van der Waals surface area contributed by atoms with E-state index in [1.807, 2.05) is 13.8 Å². The fourth-order valence-electron chi connectivity index (χ4n) is 1.79. The van der Waals surface area contributed by atoms with Crippen molar-refractivity contribution in [1.29, 1.82) is 0 Å². The molecule has 0 radical (unpaired) electrons. The Morgan fingerprint density at radius 2 is 2.31 bits per heavy atom. The van der Waals surface area contributed by atoms with Crippen LogP contribution in [0, 0.1) is 12.8 Å². The molecule has 1 aliphatic carbocycles. The second-order valence-electron chi connectivity index (χ2n) is 3.71. The number of carbonyl (C=O) groups is 1. The van der Waals surface area contributed by atoms with Gasteiger partial charge in [0, 0.05) is 6.42 Å². The van der Waals surface area contributed by atoms with Crippen molar-refractivity contribution < 1.29 is 14.3 Å². The number of hydrogen-bond donors (Lipinski definition) is 1. The van der Waals surface area contributed by atoms with Gasteiger partial charge in [0.05, 0.1) is 11.8 Å². The van der Waals surface area contributed by atoms with E-state index < -0.39 is 6.10 Å². The Bertz CT molecular complexity index is 351. The standard InChI is InChI=1S/C10H12O3/c1-5-3-7-8(6(2)4-13-7)10(12)9(5)11/h4-5,9,11H,3H2,1-2H3. The molecule has 0 fully saturated rings. The maximum atomic E-state index is 11.6. The number of ketones is 1. The molecule has 1 N–H and O–H groups in total. The summed E-state index contributed by atoms with van der Waals surface area (Å²) in [5, 5.41) is 9.54. The Hall–Kier alpha value is -1.09. The number of aliphatic hydroxyl groups is 1. The first-order valence-corrected chi connectivity index (χ1v) is 4.40. The predicted molar refractivity (Wildman–Crippen MR) is 46.7 cm³/mol. The van der Waals surface area contributed by atoms with Crippen molar-refractivity contribution in [3.05, 3.63) is 23.2 Å². The van der Waals surface area contributed by atoms with Crippen LogP contribution in [0.4, 0.5) is 0 Å². The van der Waals surface area contributed by atoms with E-state index in [9.17, 15) is 9.90 Å². The first-order valence-electron chi connectivity index (χ1n) is 4.40. The summed E-state index contributed by atoms with van der Waals surface area (Å²) in [7, 11) is 0. The molecule has 0 saturated carbocycles. The molecule has 1 aromatic heterocycles. The molecule has 0 spiro atoms. The fraction of sp³-hybridized carbons (Fsp3) is 0.500. The van der Waals surface area contributed by atoms with E-state index in [2.05, 4.69) is 0 Å². The molecule has 3 heteroatoms. The number of carbonyl (C=O) groups excluding carboxylic acids is 1. The zero-order chi connectivity index (χ0) is 9.59. The van der Waals surface area contributed by atoms with Gasteiger partial charge in [-0.3, -0.25) is 4.79 Å². The van der Waals surface area contributed by atoms with Gasteiger partial charge in [-0.15, -0.1) is 0 Å². The van der Waals surface area contributed by atoms with Crippen molar-refractivity contribution in [3.8, 4) is 0 Å². The molecule has 0 bridgehead atoms. The third-order valence-electron chi connectivity index (χ3n) is 2.61. The second-order valence-corrected chi connectivity index (χ2v) is 3.71. The first-order chi connectivity index (χ1) is 6.11. The van der Waals surface area contributed by atoms with Crippen LogP contribution in [0.15, 0.2) is 10.7 Å². The molecule has 0 amide bonds. The summed E-state index contributed by atoms with van der Waals surface area (Å²) in [4.78, 5) is 11.6. The highest BCUT2D eigenvalue weighted by molar-refractivity contribution is 6.02. The predicted octanol–water partition coefficient (Wildman–Crippen LogP) is 1.32. The van der Waals surface area contributed by atoms with Crippen LogP contribution < -0.4 is 0 Å². The third kappa shape index (κ3) is 1.11. The minimum absolute atomic E-state index is 0.0365. The molecule has 1 heterocycles. The summed E-state index contributed by atoms with van der Waals surface area (Å²) in [6, 6.07) is 0.